The molecular formula is C15H33NO. The number of nitrogens with two attached hydrogens (primary N) is 1. The summed E-state index contributed by atoms with van der Waals surface area (Å²) in [7, 11) is 0. The van der Waals surface area contributed by atoms with Gasteiger partial charge in [-0.3, -0.25) is 0 Å². The highest BCUT2D eigenvalue weighted by atomic mass is 16.5. The third kappa shape index (κ3) is 7.77. The number of rotatable bonds is 9. The third-order valence-electron chi connectivity index (χ3n) is 3.50. The zero-order valence-corrected chi connectivity index (χ0v) is 12.8. The first-order chi connectivity index (χ1) is 7.83. The van der Waals surface area contributed by atoms with E-state index in [2.05, 4.69) is 41.5 Å². The average Bonchev–Trinajstić information content (AvgIpc) is 2.15. The van der Waals surface area contributed by atoms with Gasteiger partial charge < -0.3 is 10.5 Å². The van der Waals surface area contributed by atoms with E-state index in [1.807, 2.05) is 0 Å². The van der Waals surface area contributed by atoms with Gasteiger partial charge in [0.15, 0.2) is 0 Å². The lowest BCUT2D eigenvalue weighted by Gasteiger charge is -2.34. The maximum absolute atomic E-state index is 6.23. The molecule has 0 aromatic rings. The highest BCUT2D eigenvalue weighted by molar-refractivity contribution is 4.79. The molecule has 0 spiro atoms. The molecule has 0 aromatic heterocycles. The molecule has 2 heteroatoms. The van der Waals surface area contributed by atoms with Crippen molar-refractivity contribution in [2.45, 2.75) is 91.4 Å². The lowest BCUT2D eigenvalue weighted by Crippen LogP contribution is -2.38. The van der Waals surface area contributed by atoms with Gasteiger partial charge in [0.25, 0.3) is 0 Å². The van der Waals surface area contributed by atoms with E-state index in [0.29, 0.717) is 6.10 Å². The van der Waals surface area contributed by atoms with Crippen molar-refractivity contribution in [1.29, 1.82) is 0 Å². The van der Waals surface area contributed by atoms with Gasteiger partial charge in [-0.1, -0.05) is 33.6 Å². The molecule has 0 heterocycles. The van der Waals surface area contributed by atoms with E-state index in [-0.39, 0.29) is 11.6 Å². The van der Waals surface area contributed by atoms with Gasteiger partial charge in [0.05, 0.1) is 11.7 Å². The van der Waals surface area contributed by atoms with Crippen LogP contribution in [0.25, 0.3) is 0 Å². The molecule has 0 aliphatic heterocycles. The van der Waals surface area contributed by atoms with E-state index in [4.69, 9.17) is 10.5 Å². The third-order valence-corrected chi connectivity index (χ3v) is 3.50. The molecule has 0 saturated heterocycles. The molecule has 2 nitrogen and oxygen atoms in total. The van der Waals surface area contributed by atoms with Gasteiger partial charge >= 0.3 is 0 Å². The summed E-state index contributed by atoms with van der Waals surface area (Å²) in [5, 5.41) is 0. The van der Waals surface area contributed by atoms with Gasteiger partial charge in [-0.15, -0.1) is 0 Å². The van der Waals surface area contributed by atoms with Crippen LogP contribution in [-0.4, -0.2) is 17.7 Å². The van der Waals surface area contributed by atoms with Gasteiger partial charge in [-0.05, 0) is 46.0 Å². The maximum atomic E-state index is 6.23. The lowest BCUT2D eigenvalue weighted by atomic mass is 9.93. The van der Waals surface area contributed by atoms with E-state index in [1.165, 1.54) is 12.8 Å². The summed E-state index contributed by atoms with van der Waals surface area (Å²) in [6.07, 6.45) is 6.02. The largest absolute Gasteiger partial charge is 0.372 e. The van der Waals surface area contributed by atoms with Crippen LogP contribution in [0.5, 0.6) is 0 Å². The van der Waals surface area contributed by atoms with Crippen LogP contribution >= 0.6 is 0 Å². The molecule has 2 N–H and O–H groups in total. The predicted octanol–water partition coefficient (Wildman–Crippen LogP) is 4.12. The Balaban J connectivity index is 4.17. The van der Waals surface area contributed by atoms with Crippen LogP contribution in [0.1, 0.15) is 73.6 Å². The smallest absolute Gasteiger partial charge is 0.0670 e. The first-order valence-electron chi connectivity index (χ1n) is 7.26. The molecule has 0 aromatic carbocycles. The Morgan fingerprint density at radius 3 is 2.18 bits per heavy atom. The quantitative estimate of drug-likeness (QED) is 0.661. The minimum Gasteiger partial charge on any atom is -0.372 e. The van der Waals surface area contributed by atoms with Gasteiger partial charge in [0, 0.05) is 6.04 Å². The second kappa shape index (κ2) is 8.10. The topological polar surface area (TPSA) is 35.2 Å². The summed E-state index contributed by atoms with van der Waals surface area (Å²) in [4.78, 5) is 0. The summed E-state index contributed by atoms with van der Waals surface area (Å²) >= 11 is 0. The molecule has 0 radical (unpaired) electrons. The minimum absolute atomic E-state index is 0.0560. The fraction of sp³-hybridized carbons (Fsp3) is 1.00. The Morgan fingerprint density at radius 1 is 1.18 bits per heavy atom. The lowest BCUT2D eigenvalue weighted by molar-refractivity contribution is -0.0916. The molecule has 4 atom stereocenters. The van der Waals surface area contributed by atoms with Crippen molar-refractivity contribution in [2.75, 3.05) is 0 Å². The Labute approximate surface area is 108 Å². The molecule has 0 bridgehead atoms. The minimum atomic E-state index is -0.0560. The molecular weight excluding hydrogens is 210 g/mol. The van der Waals surface area contributed by atoms with E-state index < -0.39 is 0 Å². The fourth-order valence-corrected chi connectivity index (χ4v) is 2.67. The molecule has 0 aliphatic rings. The van der Waals surface area contributed by atoms with Crippen LogP contribution in [0.2, 0.25) is 0 Å². The summed E-state index contributed by atoms with van der Waals surface area (Å²) in [6, 6.07) is 0.209. The van der Waals surface area contributed by atoms with Crippen molar-refractivity contribution in [1.82, 2.24) is 0 Å². The summed E-state index contributed by atoms with van der Waals surface area (Å²) < 4.78 is 6.23. The predicted molar refractivity (Wildman–Crippen MR) is 76.2 cm³/mol. The summed E-state index contributed by atoms with van der Waals surface area (Å²) in [5.41, 5.74) is 5.84. The number of hydrogen-bond donors (Lipinski definition) is 1. The number of hydrogen-bond acceptors (Lipinski definition) is 2. The van der Waals surface area contributed by atoms with E-state index in [9.17, 15) is 0 Å². The van der Waals surface area contributed by atoms with Crippen molar-refractivity contribution >= 4 is 0 Å². The van der Waals surface area contributed by atoms with Crippen LogP contribution in [0, 0.1) is 5.92 Å². The van der Waals surface area contributed by atoms with Gasteiger partial charge in [0.2, 0.25) is 0 Å². The van der Waals surface area contributed by atoms with Crippen LogP contribution in [0.3, 0.4) is 0 Å². The van der Waals surface area contributed by atoms with E-state index in [0.717, 1.165) is 25.2 Å². The van der Waals surface area contributed by atoms with Crippen LogP contribution < -0.4 is 5.73 Å². The highest BCUT2D eigenvalue weighted by Gasteiger charge is 2.27. The van der Waals surface area contributed by atoms with Crippen molar-refractivity contribution in [3.05, 3.63) is 0 Å². The molecule has 0 rings (SSSR count). The van der Waals surface area contributed by atoms with Crippen LogP contribution in [-0.2, 0) is 4.74 Å². The second-order valence-corrected chi connectivity index (χ2v) is 6.04. The first-order valence-corrected chi connectivity index (χ1v) is 7.26. The highest BCUT2D eigenvalue weighted by Crippen LogP contribution is 2.26. The van der Waals surface area contributed by atoms with Gasteiger partial charge in [0.1, 0.15) is 0 Å². The Kier molecular flexibility index (Phi) is 8.06. The van der Waals surface area contributed by atoms with Crippen molar-refractivity contribution < 1.29 is 4.74 Å². The van der Waals surface area contributed by atoms with Crippen LogP contribution in [0.15, 0.2) is 0 Å². The van der Waals surface area contributed by atoms with Crippen LogP contribution in [0.4, 0.5) is 0 Å². The van der Waals surface area contributed by atoms with Gasteiger partial charge in [-0.25, -0.2) is 0 Å². The maximum Gasteiger partial charge on any atom is 0.0670 e. The Hall–Kier alpha value is -0.0800. The molecule has 3 unspecified atom stereocenters. The monoisotopic (exact) mass is 243 g/mol. The molecule has 0 aliphatic carbocycles. The molecule has 0 amide bonds. The molecule has 17 heavy (non-hydrogen) atoms. The van der Waals surface area contributed by atoms with E-state index in [1.54, 1.807) is 0 Å². The Morgan fingerprint density at radius 2 is 1.76 bits per heavy atom. The van der Waals surface area contributed by atoms with Gasteiger partial charge in [-0.2, -0.15) is 0 Å². The zero-order chi connectivity index (χ0) is 13.5. The fourth-order valence-electron chi connectivity index (χ4n) is 2.67. The molecule has 0 fully saturated rings. The summed E-state index contributed by atoms with van der Waals surface area (Å²) in [6.45, 7) is 13.2. The SMILES string of the molecule is CCCC(C)CC(C)O[C@@](C)(CC)CC(C)N. The first kappa shape index (κ1) is 16.9. The summed E-state index contributed by atoms with van der Waals surface area (Å²) in [5.74, 6) is 0.756. The number of ether oxygens (including phenoxy) is 1. The zero-order valence-electron chi connectivity index (χ0n) is 12.8. The van der Waals surface area contributed by atoms with Crippen molar-refractivity contribution in [3.8, 4) is 0 Å². The molecule has 104 valence electrons. The van der Waals surface area contributed by atoms with Crippen molar-refractivity contribution in [3.63, 3.8) is 0 Å². The van der Waals surface area contributed by atoms with E-state index >= 15 is 0 Å². The second-order valence-electron chi connectivity index (χ2n) is 6.04. The molecule has 0 saturated carbocycles. The Bertz CT molecular complexity index is 193. The van der Waals surface area contributed by atoms with Crippen molar-refractivity contribution in [2.24, 2.45) is 11.7 Å². The standard InChI is InChI=1S/C15H33NO/c1-7-9-12(3)10-14(5)17-15(6,8-2)11-13(4)16/h12-14H,7-11,16H2,1-6H3/t12?,13?,14?,15-/m0/s1. The average molecular weight is 243 g/mol. The normalized spacial score (nSPS) is 20.6.